The van der Waals surface area contributed by atoms with Crippen LogP contribution in [0.4, 0.5) is 0 Å². The fourth-order valence-corrected chi connectivity index (χ4v) is 0.759. The molecule has 50 valence electrons. The van der Waals surface area contributed by atoms with E-state index in [0.717, 1.165) is 19.4 Å². The highest BCUT2D eigenvalue weighted by Crippen LogP contribution is 2.13. The van der Waals surface area contributed by atoms with Gasteiger partial charge < -0.3 is 4.74 Å². The smallest absolute Gasteiger partial charge is 0.0598 e. The van der Waals surface area contributed by atoms with Crippen LogP contribution in [-0.4, -0.2) is 19.3 Å². The second-order valence-corrected chi connectivity index (χ2v) is 2.02. The van der Waals surface area contributed by atoms with Crippen molar-refractivity contribution < 1.29 is 4.74 Å². The number of rotatable bonds is 3. The predicted octanol–water partition coefficient (Wildman–Crippen LogP) is 1.48. The Morgan fingerprint density at radius 3 is 3.00 bits per heavy atom. The van der Waals surface area contributed by atoms with E-state index >= 15 is 0 Å². The van der Waals surface area contributed by atoms with Gasteiger partial charge in [-0.05, 0) is 18.4 Å². The van der Waals surface area contributed by atoms with Crippen LogP contribution in [0.15, 0.2) is 5.11 Å². The summed E-state index contributed by atoms with van der Waals surface area (Å²) in [5.74, 6) is 0. The Kier molecular flexibility index (Phi) is 2.36. The van der Waals surface area contributed by atoms with Crippen LogP contribution in [0.25, 0.3) is 10.4 Å². The molecule has 1 fully saturated rings. The monoisotopic (exact) mass is 127 g/mol. The third-order valence-electron chi connectivity index (χ3n) is 1.41. The molecule has 0 aromatic carbocycles. The molecule has 1 aliphatic heterocycles. The van der Waals surface area contributed by atoms with Crippen molar-refractivity contribution in [1.29, 1.82) is 0 Å². The van der Waals surface area contributed by atoms with Gasteiger partial charge in [-0.2, -0.15) is 0 Å². The summed E-state index contributed by atoms with van der Waals surface area (Å²) in [7, 11) is 0. The Labute approximate surface area is 53.4 Å². The van der Waals surface area contributed by atoms with Crippen molar-refractivity contribution in [1.82, 2.24) is 0 Å². The number of azide groups is 1. The maximum Gasteiger partial charge on any atom is 0.0598 e. The average Bonchev–Trinajstić information content (AvgIpc) is 1.76. The van der Waals surface area contributed by atoms with Crippen LogP contribution in [-0.2, 0) is 4.74 Å². The molecule has 0 aromatic heterocycles. The third kappa shape index (κ3) is 1.91. The fraction of sp³-hybridized carbons (Fsp3) is 1.00. The molecule has 0 bridgehead atoms. The minimum atomic E-state index is 0.371. The quantitative estimate of drug-likeness (QED) is 0.322. The van der Waals surface area contributed by atoms with Crippen LogP contribution < -0.4 is 0 Å². The lowest BCUT2D eigenvalue weighted by molar-refractivity contribution is -0.0528. The first-order valence-electron chi connectivity index (χ1n) is 3.06. The Balaban J connectivity index is 1.97. The van der Waals surface area contributed by atoms with E-state index in [1.54, 1.807) is 0 Å². The van der Waals surface area contributed by atoms with E-state index in [9.17, 15) is 0 Å². The maximum absolute atomic E-state index is 7.89. The Hall–Kier alpha value is -0.730. The van der Waals surface area contributed by atoms with Crippen LogP contribution in [0.2, 0.25) is 0 Å². The van der Waals surface area contributed by atoms with Crippen LogP contribution in [0, 0.1) is 0 Å². The summed E-state index contributed by atoms with van der Waals surface area (Å²) in [6.07, 6.45) is 2.38. The molecule has 1 heterocycles. The summed E-state index contributed by atoms with van der Waals surface area (Å²) in [6, 6.07) is 0. The van der Waals surface area contributed by atoms with Crippen LogP contribution in [0.5, 0.6) is 0 Å². The van der Waals surface area contributed by atoms with Gasteiger partial charge >= 0.3 is 0 Å². The zero-order valence-electron chi connectivity index (χ0n) is 5.16. The largest absolute Gasteiger partial charge is 0.378 e. The number of nitrogens with zero attached hydrogens (tertiary/aromatic N) is 3. The van der Waals surface area contributed by atoms with Crippen molar-refractivity contribution in [2.45, 2.75) is 18.9 Å². The van der Waals surface area contributed by atoms with E-state index in [2.05, 4.69) is 10.0 Å². The molecule has 0 aliphatic carbocycles. The summed E-state index contributed by atoms with van der Waals surface area (Å²) in [5.41, 5.74) is 7.89. The first kappa shape index (κ1) is 6.39. The van der Waals surface area contributed by atoms with Crippen molar-refractivity contribution in [2.75, 3.05) is 13.2 Å². The standard InChI is InChI=1S/C5H9N3O/c6-8-7-3-1-5-2-4-9-5/h5H,1-4H2. The molecule has 0 amide bonds. The highest BCUT2D eigenvalue weighted by atomic mass is 16.5. The number of ether oxygens (including phenoxy) is 1. The van der Waals surface area contributed by atoms with Gasteiger partial charge in [0, 0.05) is 18.1 Å². The molecule has 0 radical (unpaired) electrons. The summed E-state index contributed by atoms with van der Waals surface area (Å²) < 4.78 is 5.09. The van der Waals surface area contributed by atoms with Gasteiger partial charge in [-0.1, -0.05) is 5.11 Å². The van der Waals surface area contributed by atoms with Crippen molar-refractivity contribution in [3.63, 3.8) is 0 Å². The minimum absolute atomic E-state index is 0.371. The van der Waals surface area contributed by atoms with Crippen molar-refractivity contribution in [2.24, 2.45) is 5.11 Å². The van der Waals surface area contributed by atoms with E-state index in [1.165, 1.54) is 0 Å². The molecule has 4 heteroatoms. The van der Waals surface area contributed by atoms with E-state index in [4.69, 9.17) is 10.3 Å². The summed E-state index contributed by atoms with van der Waals surface area (Å²) >= 11 is 0. The molecule has 0 saturated carbocycles. The van der Waals surface area contributed by atoms with Crippen molar-refractivity contribution in [3.05, 3.63) is 10.4 Å². The topological polar surface area (TPSA) is 58.0 Å². The second kappa shape index (κ2) is 3.33. The van der Waals surface area contributed by atoms with Crippen LogP contribution in [0.1, 0.15) is 12.8 Å². The lowest BCUT2D eigenvalue weighted by Crippen LogP contribution is -2.27. The Bertz CT molecular complexity index is 126. The molecule has 1 saturated heterocycles. The summed E-state index contributed by atoms with van der Waals surface area (Å²) in [6.45, 7) is 1.45. The molecule has 1 aliphatic rings. The molecule has 9 heavy (non-hydrogen) atoms. The zero-order valence-corrected chi connectivity index (χ0v) is 5.16. The van der Waals surface area contributed by atoms with Gasteiger partial charge in [0.2, 0.25) is 0 Å². The molecular formula is C5H9N3O. The number of hydrogen-bond donors (Lipinski definition) is 0. The molecule has 1 atom stereocenters. The first-order chi connectivity index (χ1) is 4.43. The van der Waals surface area contributed by atoms with E-state index in [0.29, 0.717) is 12.6 Å². The van der Waals surface area contributed by atoms with Crippen molar-refractivity contribution in [3.8, 4) is 0 Å². The van der Waals surface area contributed by atoms with Gasteiger partial charge in [0.1, 0.15) is 0 Å². The third-order valence-corrected chi connectivity index (χ3v) is 1.41. The van der Waals surface area contributed by atoms with Gasteiger partial charge in [-0.15, -0.1) is 0 Å². The summed E-state index contributed by atoms with van der Waals surface area (Å²) in [5, 5.41) is 3.39. The van der Waals surface area contributed by atoms with Gasteiger partial charge in [-0.3, -0.25) is 0 Å². The Morgan fingerprint density at radius 1 is 1.78 bits per heavy atom. The van der Waals surface area contributed by atoms with Crippen LogP contribution in [0.3, 0.4) is 0 Å². The fourth-order valence-electron chi connectivity index (χ4n) is 0.759. The van der Waals surface area contributed by atoms with Crippen LogP contribution >= 0.6 is 0 Å². The first-order valence-corrected chi connectivity index (χ1v) is 3.06. The molecule has 0 N–H and O–H groups in total. The molecule has 1 rings (SSSR count). The van der Waals surface area contributed by atoms with Gasteiger partial charge in [0.05, 0.1) is 6.10 Å². The Morgan fingerprint density at radius 2 is 2.56 bits per heavy atom. The highest BCUT2D eigenvalue weighted by Gasteiger charge is 2.16. The molecule has 0 spiro atoms. The average molecular weight is 127 g/mol. The normalized spacial score (nSPS) is 24.2. The molecule has 4 nitrogen and oxygen atoms in total. The molecular weight excluding hydrogens is 118 g/mol. The highest BCUT2D eigenvalue weighted by molar-refractivity contribution is 4.67. The maximum atomic E-state index is 7.89. The number of hydrogen-bond acceptors (Lipinski definition) is 2. The van der Waals surface area contributed by atoms with Gasteiger partial charge in [0.15, 0.2) is 0 Å². The van der Waals surface area contributed by atoms with E-state index in [-0.39, 0.29) is 0 Å². The lowest BCUT2D eigenvalue weighted by atomic mass is 10.1. The molecule has 0 aromatic rings. The van der Waals surface area contributed by atoms with E-state index < -0.39 is 0 Å². The van der Waals surface area contributed by atoms with Gasteiger partial charge in [-0.25, -0.2) is 0 Å². The van der Waals surface area contributed by atoms with Gasteiger partial charge in [0.25, 0.3) is 0 Å². The zero-order chi connectivity index (χ0) is 6.53. The SMILES string of the molecule is [N-]=[N+]=NCCC1CCO1. The predicted molar refractivity (Wildman–Crippen MR) is 33.0 cm³/mol. The minimum Gasteiger partial charge on any atom is -0.378 e. The lowest BCUT2D eigenvalue weighted by Gasteiger charge is -2.25. The van der Waals surface area contributed by atoms with Crippen molar-refractivity contribution >= 4 is 0 Å². The second-order valence-electron chi connectivity index (χ2n) is 2.02. The van der Waals surface area contributed by atoms with E-state index in [1.807, 2.05) is 0 Å². The summed E-state index contributed by atoms with van der Waals surface area (Å²) in [4.78, 5) is 2.64. The molecule has 1 unspecified atom stereocenters.